The highest BCUT2D eigenvalue weighted by Crippen LogP contribution is 2.19. The Morgan fingerprint density at radius 2 is 1.79 bits per heavy atom. The number of aryl methyl sites for hydroxylation is 1. The predicted octanol–water partition coefficient (Wildman–Crippen LogP) is 2.09. The first-order valence-corrected chi connectivity index (χ1v) is 9.67. The maximum absolute atomic E-state index is 12.5. The lowest BCUT2D eigenvalue weighted by Gasteiger charge is -2.27. The Balaban J connectivity index is 1.59. The lowest BCUT2D eigenvalue weighted by Crippen LogP contribution is -2.41. The van der Waals surface area contributed by atoms with Crippen molar-refractivity contribution in [3.05, 3.63) is 47.3 Å². The summed E-state index contributed by atoms with van der Waals surface area (Å²) in [6.07, 6.45) is 0.460. The second-order valence-corrected chi connectivity index (χ2v) is 7.14. The van der Waals surface area contributed by atoms with Gasteiger partial charge < -0.3 is 14.5 Å². The standard InChI is InChI=1S/C21H28N4O3/c1-16-19(17(2)25(22-16)18-7-5-4-6-8-18)15-23(3)20(26)9-10-21(27)24-11-13-28-14-12-24/h4-8H,9-15H2,1-3H3. The summed E-state index contributed by atoms with van der Waals surface area (Å²) in [4.78, 5) is 28.2. The Morgan fingerprint density at radius 1 is 1.11 bits per heavy atom. The van der Waals surface area contributed by atoms with E-state index in [-0.39, 0.29) is 24.7 Å². The molecule has 28 heavy (non-hydrogen) atoms. The van der Waals surface area contributed by atoms with E-state index in [0.717, 1.165) is 22.6 Å². The number of ether oxygens (including phenoxy) is 1. The summed E-state index contributed by atoms with van der Waals surface area (Å²) < 4.78 is 7.17. The summed E-state index contributed by atoms with van der Waals surface area (Å²) >= 11 is 0. The number of hydrogen-bond acceptors (Lipinski definition) is 4. The zero-order chi connectivity index (χ0) is 20.1. The quantitative estimate of drug-likeness (QED) is 0.765. The Labute approximate surface area is 165 Å². The molecule has 2 aromatic rings. The van der Waals surface area contributed by atoms with Crippen LogP contribution in [0.2, 0.25) is 0 Å². The van der Waals surface area contributed by atoms with Crippen molar-refractivity contribution < 1.29 is 14.3 Å². The van der Waals surface area contributed by atoms with Gasteiger partial charge in [0, 0.05) is 50.8 Å². The third-order valence-corrected chi connectivity index (χ3v) is 5.18. The highest BCUT2D eigenvalue weighted by molar-refractivity contribution is 5.83. The third kappa shape index (κ3) is 4.59. The van der Waals surface area contributed by atoms with E-state index < -0.39 is 0 Å². The fourth-order valence-corrected chi connectivity index (χ4v) is 3.43. The molecule has 0 aliphatic carbocycles. The van der Waals surface area contributed by atoms with Crippen LogP contribution in [0.15, 0.2) is 30.3 Å². The lowest BCUT2D eigenvalue weighted by molar-refractivity contribution is -0.139. The molecule has 0 bridgehead atoms. The van der Waals surface area contributed by atoms with Gasteiger partial charge in [-0.3, -0.25) is 9.59 Å². The average Bonchev–Trinajstić information content (AvgIpc) is 3.01. The van der Waals surface area contributed by atoms with Crippen molar-refractivity contribution in [2.75, 3.05) is 33.4 Å². The number of nitrogens with zero attached hydrogens (tertiary/aromatic N) is 4. The molecule has 1 aliphatic heterocycles. The fourth-order valence-electron chi connectivity index (χ4n) is 3.43. The van der Waals surface area contributed by atoms with Crippen LogP contribution in [-0.4, -0.2) is 64.7 Å². The van der Waals surface area contributed by atoms with E-state index in [2.05, 4.69) is 5.10 Å². The predicted molar refractivity (Wildman–Crippen MR) is 106 cm³/mol. The van der Waals surface area contributed by atoms with Crippen LogP contribution in [0.25, 0.3) is 5.69 Å². The Bertz CT molecular complexity index is 826. The third-order valence-electron chi connectivity index (χ3n) is 5.18. The number of rotatable bonds is 6. The first-order chi connectivity index (χ1) is 13.5. The van der Waals surface area contributed by atoms with Gasteiger partial charge in [-0.1, -0.05) is 18.2 Å². The van der Waals surface area contributed by atoms with Crippen molar-refractivity contribution >= 4 is 11.8 Å². The minimum atomic E-state index is -0.0344. The van der Waals surface area contributed by atoms with Gasteiger partial charge in [-0.2, -0.15) is 5.10 Å². The Morgan fingerprint density at radius 3 is 2.46 bits per heavy atom. The molecule has 150 valence electrons. The first-order valence-electron chi connectivity index (χ1n) is 9.67. The summed E-state index contributed by atoms with van der Waals surface area (Å²) in [5.41, 5.74) is 3.97. The number of hydrogen-bond donors (Lipinski definition) is 0. The van der Waals surface area contributed by atoms with Crippen LogP contribution in [0.3, 0.4) is 0 Å². The highest BCUT2D eigenvalue weighted by atomic mass is 16.5. The molecule has 0 N–H and O–H groups in total. The smallest absolute Gasteiger partial charge is 0.223 e. The van der Waals surface area contributed by atoms with Crippen LogP contribution in [0.4, 0.5) is 0 Å². The van der Waals surface area contributed by atoms with Gasteiger partial charge in [0.05, 0.1) is 24.6 Å². The van der Waals surface area contributed by atoms with Crippen LogP contribution in [0.5, 0.6) is 0 Å². The molecule has 0 radical (unpaired) electrons. The topological polar surface area (TPSA) is 67.7 Å². The maximum atomic E-state index is 12.5. The van der Waals surface area contributed by atoms with Crippen molar-refractivity contribution in [2.24, 2.45) is 0 Å². The van der Waals surface area contributed by atoms with Crippen molar-refractivity contribution in [2.45, 2.75) is 33.2 Å². The number of para-hydroxylation sites is 1. The minimum Gasteiger partial charge on any atom is -0.378 e. The van der Waals surface area contributed by atoms with Crippen LogP contribution in [-0.2, 0) is 20.9 Å². The van der Waals surface area contributed by atoms with Gasteiger partial charge in [-0.05, 0) is 26.0 Å². The van der Waals surface area contributed by atoms with E-state index in [1.54, 1.807) is 16.8 Å². The summed E-state index contributed by atoms with van der Waals surface area (Å²) in [6.45, 7) is 6.83. The molecule has 1 aromatic carbocycles. The minimum absolute atomic E-state index is 0.0225. The molecule has 0 atom stereocenters. The van der Waals surface area contributed by atoms with Crippen molar-refractivity contribution in [3.63, 3.8) is 0 Å². The molecule has 0 saturated carbocycles. The van der Waals surface area contributed by atoms with E-state index >= 15 is 0 Å². The van der Waals surface area contributed by atoms with Gasteiger partial charge >= 0.3 is 0 Å². The van der Waals surface area contributed by atoms with Crippen LogP contribution >= 0.6 is 0 Å². The summed E-state index contributed by atoms with van der Waals surface area (Å²) in [7, 11) is 1.78. The Kier molecular flexibility index (Phi) is 6.46. The van der Waals surface area contributed by atoms with Gasteiger partial charge in [-0.25, -0.2) is 4.68 Å². The van der Waals surface area contributed by atoms with Gasteiger partial charge in [0.15, 0.2) is 0 Å². The monoisotopic (exact) mass is 384 g/mol. The molecule has 0 unspecified atom stereocenters. The second kappa shape index (κ2) is 9.01. The number of carbonyl (C=O) groups excluding carboxylic acids is 2. The first kappa shape index (κ1) is 20.1. The number of aromatic nitrogens is 2. The Hall–Kier alpha value is -2.67. The molecule has 2 amide bonds. The molecular formula is C21H28N4O3. The van der Waals surface area contributed by atoms with Crippen molar-refractivity contribution in [3.8, 4) is 5.69 Å². The van der Waals surface area contributed by atoms with E-state index in [4.69, 9.17) is 4.74 Å². The number of amides is 2. The maximum Gasteiger partial charge on any atom is 0.223 e. The normalized spacial score (nSPS) is 14.2. The zero-order valence-corrected chi connectivity index (χ0v) is 16.9. The zero-order valence-electron chi connectivity index (χ0n) is 16.9. The summed E-state index contributed by atoms with van der Waals surface area (Å²) in [5, 5.41) is 4.63. The lowest BCUT2D eigenvalue weighted by atomic mass is 10.1. The number of benzene rings is 1. The van der Waals surface area contributed by atoms with Crippen molar-refractivity contribution in [1.82, 2.24) is 19.6 Å². The van der Waals surface area contributed by atoms with Gasteiger partial charge in [0.2, 0.25) is 11.8 Å². The molecule has 2 heterocycles. The van der Waals surface area contributed by atoms with E-state index in [0.29, 0.717) is 32.8 Å². The van der Waals surface area contributed by atoms with Crippen LogP contribution < -0.4 is 0 Å². The second-order valence-electron chi connectivity index (χ2n) is 7.14. The molecule has 7 nitrogen and oxygen atoms in total. The molecule has 7 heteroatoms. The molecule has 1 aliphatic rings. The van der Waals surface area contributed by atoms with Gasteiger partial charge in [0.25, 0.3) is 0 Å². The van der Waals surface area contributed by atoms with Crippen LogP contribution in [0.1, 0.15) is 29.8 Å². The van der Waals surface area contributed by atoms with E-state index in [1.165, 1.54) is 0 Å². The molecule has 3 rings (SSSR count). The van der Waals surface area contributed by atoms with Gasteiger partial charge in [-0.15, -0.1) is 0 Å². The summed E-state index contributed by atoms with van der Waals surface area (Å²) in [5.74, 6) is -0.0119. The average molecular weight is 384 g/mol. The van der Waals surface area contributed by atoms with E-state index in [1.807, 2.05) is 48.9 Å². The molecule has 1 saturated heterocycles. The summed E-state index contributed by atoms with van der Waals surface area (Å²) in [6, 6.07) is 9.95. The molecular weight excluding hydrogens is 356 g/mol. The largest absolute Gasteiger partial charge is 0.378 e. The number of carbonyl (C=O) groups is 2. The SMILES string of the molecule is Cc1nn(-c2ccccc2)c(C)c1CN(C)C(=O)CCC(=O)N1CCOCC1. The fraction of sp³-hybridized carbons (Fsp3) is 0.476. The number of morpholine rings is 1. The van der Waals surface area contributed by atoms with Crippen molar-refractivity contribution in [1.29, 1.82) is 0 Å². The molecule has 0 spiro atoms. The molecule has 1 aromatic heterocycles. The van der Waals surface area contributed by atoms with Crippen LogP contribution in [0, 0.1) is 13.8 Å². The van der Waals surface area contributed by atoms with Gasteiger partial charge in [0.1, 0.15) is 0 Å². The highest BCUT2D eigenvalue weighted by Gasteiger charge is 2.20. The van der Waals surface area contributed by atoms with E-state index in [9.17, 15) is 9.59 Å². The molecule has 1 fully saturated rings.